The Hall–Kier alpha value is -1.61. The fourth-order valence-electron chi connectivity index (χ4n) is 1.09. The third kappa shape index (κ3) is 2.20. The van der Waals surface area contributed by atoms with Crippen LogP contribution in [0.5, 0.6) is 0 Å². The SMILES string of the molecule is C=CN(C(=C)CN)c1ccc(C)cn1. The van der Waals surface area contributed by atoms with Crippen molar-refractivity contribution in [1.82, 2.24) is 4.98 Å². The molecule has 0 fully saturated rings. The van der Waals surface area contributed by atoms with E-state index in [9.17, 15) is 0 Å². The zero-order chi connectivity index (χ0) is 10.6. The molecule has 0 radical (unpaired) electrons. The van der Waals surface area contributed by atoms with E-state index in [1.807, 2.05) is 19.1 Å². The summed E-state index contributed by atoms with van der Waals surface area (Å²) < 4.78 is 0. The molecule has 0 aromatic carbocycles. The molecule has 1 aromatic heterocycles. The minimum absolute atomic E-state index is 0.390. The maximum absolute atomic E-state index is 5.50. The molecule has 1 heterocycles. The van der Waals surface area contributed by atoms with Gasteiger partial charge in [-0.2, -0.15) is 0 Å². The van der Waals surface area contributed by atoms with E-state index in [4.69, 9.17) is 5.73 Å². The molecule has 0 amide bonds. The van der Waals surface area contributed by atoms with E-state index in [-0.39, 0.29) is 0 Å². The topological polar surface area (TPSA) is 42.1 Å². The Morgan fingerprint density at radius 2 is 2.36 bits per heavy atom. The lowest BCUT2D eigenvalue weighted by Gasteiger charge is -2.20. The third-order valence-corrected chi connectivity index (χ3v) is 1.90. The molecule has 1 aromatic rings. The van der Waals surface area contributed by atoms with E-state index in [1.54, 1.807) is 17.3 Å². The second-order valence-corrected chi connectivity index (χ2v) is 3.02. The van der Waals surface area contributed by atoms with Crippen LogP contribution in [0.25, 0.3) is 0 Å². The number of pyridine rings is 1. The predicted molar refractivity (Wildman–Crippen MR) is 59.8 cm³/mol. The highest BCUT2D eigenvalue weighted by atomic mass is 15.2. The van der Waals surface area contributed by atoms with Crippen LogP contribution in [0.15, 0.2) is 43.4 Å². The number of aryl methyl sites for hydroxylation is 1. The van der Waals surface area contributed by atoms with Crippen LogP contribution < -0.4 is 10.6 Å². The zero-order valence-electron chi connectivity index (χ0n) is 8.40. The Morgan fingerprint density at radius 1 is 1.64 bits per heavy atom. The molecule has 0 aliphatic carbocycles. The van der Waals surface area contributed by atoms with Gasteiger partial charge < -0.3 is 10.6 Å². The fraction of sp³-hybridized carbons (Fsp3) is 0.182. The third-order valence-electron chi connectivity index (χ3n) is 1.90. The monoisotopic (exact) mass is 189 g/mol. The quantitative estimate of drug-likeness (QED) is 0.785. The number of nitrogens with zero attached hydrogens (tertiary/aromatic N) is 2. The summed E-state index contributed by atoms with van der Waals surface area (Å²) >= 11 is 0. The smallest absolute Gasteiger partial charge is 0.136 e. The highest BCUT2D eigenvalue weighted by molar-refractivity contribution is 5.49. The first-order valence-electron chi connectivity index (χ1n) is 4.41. The van der Waals surface area contributed by atoms with Crippen LogP contribution in [0.2, 0.25) is 0 Å². The first-order valence-corrected chi connectivity index (χ1v) is 4.41. The molecule has 0 atom stereocenters. The predicted octanol–water partition coefficient (Wildman–Crippen LogP) is 1.81. The molecule has 3 heteroatoms. The summed E-state index contributed by atoms with van der Waals surface area (Å²) in [5.74, 6) is 0.793. The van der Waals surface area contributed by atoms with E-state index < -0.39 is 0 Å². The van der Waals surface area contributed by atoms with Crippen LogP contribution in [0.1, 0.15) is 5.56 Å². The first-order chi connectivity index (χ1) is 6.69. The molecular weight excluding hydrogens is 174 g/mol. The highest BCUT2D eigenvalue weighted by Crippen LogP contribution is 2.15. The first kappa shape index (κ1) is 10.5. The Bertz CT molecular complexity index is 327. The molecule has 3 nitrogen and oxygen atoms in total. The lowest BCUT2D eigenvalue weighted by Crippen LogP contribution is -2.21. The van der Waals surface area contributed by atoms with Crippen LogP contribution in [0, 0.1) is 6.92 Å². The van der Waals surface area contributed by atoms with Crippen molar-refractivity contribution in [3.63, 3.8) is 0 Å². The number of rotatable bonds is 4. The molecule has 0 saturated heterocycles. The number of hydrogen-bond donors (Lipinski definition) is 1. The van der Waals surface area contributed by atoms with Gasteiger partial charge in [0.25, 0.3) is 0 Å². The number of hydrogen-bond acceptors (Lipinski definition) is 3. The summed E-state index contributed by atoms with van der Waals surface area (Å²) in [6, 6.07) is 3.90. The molecule has 0 saturated carbocycles. The molecule has 0 unspecified atom stereocenters. The van der Waals surface area contributed by atoms with Crippen molar-refractivity contribution in [2.45, 2.75) is 6.92 Å². The molecule has 74 valence electrons. The van der Waals surface area contributed by atoms with E-state index in [0.717, 1.165) is 17.1 Å². The highest BCUT2D eigenvalue weighted by Gasteiger charge is 2.05. The number of anilines is 1. The lowest BCUT2D eigenvalue weighted by atomic mass is 10.3. The Morgan fingerprint density at radius 3 is 2.79 bits per heavy atom. The Labute approximate surface area is 84.6 Å². The molecule has 0 bridgehead atoms. The molecule has 2 N–H and O–H groups in total. The molecule has 14 heavy (non-hydrogen) atoms. The number of nitrogens with two attached hydrogens (primary N) is 1. The minimum atomic E-state index is 0.390. The second-order valence-electron chi connectivity index (χ2n) is 3.02. The maximum Gasteiger partial charge on any atom is 0.136 e. The summed E-state index contributed by atoms with van der Waals surface area (Å²) in [6.45, 7) is 9.91. The van der Waals surface area contributed by atoms with Gasteiger partial charge in [0.2, 0.25) is 0 Å². The van der Waals surface area contributed by atoms with E-state index in [0.29, 0.717) is 6.54 Å². The van der Waals surface area contributed by atoms with Crippen LogP contribution >= 0.6 is 0 Å². The van der Waals surface area contributed by atoms with Crippen LogP contribution in [-0.2, 0) is 0 Å². The van der Waals surface area contributed by atoms with E-state index in [2.05, 4.69) is 18.1 Å². The van der Waals surface area contributed by atoms with Crippen molar-refractivity contribution in [2.24, 2.45) is 5.73 Å². The van der Waals surface area contributed by atoms with Gasteiger partial charge in [-0.15, -0.1) is 0 Å². The lowest BCUT2D eigenvalue weighted by molar-refractivity contribution is 1.02. The molecule has 0 aliphatic heterocycles. The largest absolute Gasteiger partial charge is 0.325 e. The molecule has 0 aliphatic rings. The van der Waals surface area contributed by atoms with Gasteiger partial charge in [0.15, 0.2) is 0 Å². The van der Waals surface area contributed by atoms with Gasteiger partial charge in [-0.05, 0) is 18.6 Å². The van der Waals surface area contributed by atoms with Crippen LogP contribution in [0.3, 0.4) is 0 Å². The second kappa shape index (κ2) is 4.58. The minimum Gasteiger partial charge on any atom is -0.325 e. The normalized spacial score (nSPS) is 9.57. The summed E-state index contributed by atoms with van der Waals surface area (Å²) in [5, 5.41) is 0. The van der Waals surface area contributed by atoms with Gasteiger partial charge in [0.05, 0.1) is 0 Å². The summed E-state index contributed by atoms with van der Waals surface area (Å²) in [7, 11) is 0. The van der Waals surface area contributed by atoms with Crippen molar-refractivity contribution in [2.75, 3.05) is 11.4 Å². The van der Waals surface area contributed by atoms with E-state index >= 15 is 0 Å². The van der Waals surface area contributed by atoms with E-state index in [1.165, 1.54) is 0 Å². The fourth-order valence-corrected chi connectivity index (χ4v) is 1.09. The van der Waals surface area contributed by atoms with Crippen molar-refractivity contribution >= 4 is 5.82 Å². The molecule has 0 spiro atoms. The van der Waals surface area contributed by atoms with Gasteiger partial charge in [-0.3, -0.25) is 0 Å². The van der Waals surface area contributed by atoms with Crippen LogP contribution in [0.4, 0.5) is 5.82 Å². The standard InChI is InChI=1S/C11H15N3/c1-4-14(10(3)7-12)11-6-5-9(2)8-13-11/h4-6,8H,1,3,7,12H2,2H3. The summed E-state index contributed by atoms with van der Waals surface area (Å²) in [4.78, 5) is 6.03. The maximum atomic E-state index is 5.50. The van der Waals surface area contributed by atoms with Gasteiger partial charge in [-0.1, -0.05) is 19.2 Å². The van der Waals surface area contributed by atoms with Crippen LogP contribution in [-0.4, -0.2) is 11.5 Å². The van der Waals surface area contributed by atoms with Crippen molar-refractivity contribution in [1.29, 1.82) is 0 Å². The molecular formula is C11H15N3. The van der Waals surface area contributed by atoms with Crippen molar-refractivity contribution in [3.05, 3.63) is 48.9 Å². The van der Waals surface area contributed by atoms with Crippen molar-refractivity contribution in [3.8, 4) is 0 Å². The van der Waals surface area contributed by atoms with Gasteiger partial charge in [0.1, 0.15) is 5.82 Å². The average molecular weight is 189 g/mol. The zero-order valence-corrected chi connectivity index (χ0v) is 8.40. The van der Waals surface area contributed by atoms with Gasteiger partial charge in [-0.25, -0.2) is 4.98 Å². The Kier molecular flexibility index (Phi) is 3.42. The summed E-state index contributed by atoms with van der Waals surface area (Å²) in [6.07, 6.45) is 3.46. The van der Waals surface area contributed by atoms with Crippen molar-refractivity contribution < 1.29 is 0 Å². The number of aromatic nitrogens is 1. The van der Waals surface area contributed by atoms with Gasteiger partial charge >= 0.3 is 0 Å². The Balaban J connectivity index is 2.95. The van der Waals surface area contributed by atoms with Gasteiger partial charge in [0, 0.05) is 24.6 Å². The molecule has 1 rings (SSSR count). The summed E-state index contributed by atoms with van der Waals surface area (Å²) in [5.41, 5.74) is 7.39. The average Bonchev–Trinajstić information content (AvgIpc) is 2.21.